The summed E-state index contributed by atoms with van der Waals surface area (Å²) in [6.45, 7) is -0.326. The Bertz CT molecular complexity index is 946. The van der Waals surface area contributed by atoms with Crippen LogP contribution in [0.25, 0.3) is 0 Å². The Kier molecular flexibility index (Phi) is 6.13. The van der Waals surface area contributed by atoms with Crippen LogP contribution in [0.4, 0.5) is 4.39 Å². The van der Waals surface area contributed by atoms with Crippen LogP contribution in [-0.2, 0) is 11.8 Å². The minimum atomic E-state index is -0.546. The molecule has 3 rings (SSSR count). The molecule has 0 aliphatic carbocycles. The van der Waals surface area contributed by atoms with Crippen molar-refractivity contribution >= 4 is 33.4 Å². The molecule has 140 valence electrons. The number of amides is 1. The SMILES string of the molecule is Cn1ccnc1[C@@H](NC(=O)COc1ccc(Br)cc1F)c1ccc(Cl)cc1. The third-order valence-electron chi connectivity index (χ3n) is 3.88. The summed E-state index contributed by atoms with van der Waals surface area (Å²) in [7, 11) is 1.84. The molecule has 0 radical (unpaired) electrons. The number of aromatic nitrogens is 2. The Labute approximate surface area is 169 Å². The van der Waals surface area contributed by atoms with Gasteiger partial charge in [0.2, 0.25) is 0 Å². The molecule has 1 atom stereocenters. The minimum absolute atomic E-state index is 0.00776. The molecule has 5 nitrogen and oxygen atoms in total. The summed E-state index contributed by atoms with van der Waals surface area (Å²) in [5.41, 5.74) is 0.817. The van der Waals surface area contributed by atoms with Gasteiger partial charge >= 0.3 is 0 Å². The van der Waals surface area contributed by atoms with Crippen LogP contribution in [0.1, 0.15) is 17.4 Å². The molecule has 0 saturated heterocycles. The van der Waals surface area contributed by atoms with Crippen LogP contribution >= 0.6 is 27.5 Å². The van der Waals surface area contributed by atoms with Gasteiger partial charge < -0.3 is 14.6 Å². The van der Waals surface area contributed by atoms with Crippen molar-refractivity contribution in [1.29, 1.82) is 0 Å². The lowest BCUT2D eigenvalue weighted by Gasteiger charge is -2.19. The van der Waals surface area contributed by atoms with E-state index >= 15 is 0 Å². The van der Waals surface area contributed by atoms with E-state index in [2.05, 4.69) is 26.2 Å². The maximum absolute atomic E-state index is 13.8. The van der Waals surface area contributed by atoms with Gasteiger partial charge in [0.1, 0.15) is 11.9 Å². The van der Waals surface area contributed by atoms with Crippen LogP contribution in [0.15, 0.2) is 59.3 Å². The quantitative estimate of drug-likeness (QED) is 0.608. The van der Waals surface area contributed by atoms with Gasteiger partial charge in [0.25, 0.3) is 5.91 Å². The molecule has 3 aromatic rings. The number of carbonyl (C=O) groups is 1. The first kappa shape index (κ1) is 19.4. The lowest BCUT2D eigenvalue weighted by atomic mass is 10.1. The normalized spacial score (nSPS) is 11.9. The van der Waals surface area contributed by atoms with E-state index in [1.807, 2.05) is 23.7 Å². The lowest BCUT2D eigenvalue weighted by molar-refractivity contribution is -0.123. The number of nitrogens with zero attached hydrogens (tertiary/aromatic N) is 2. The van der Waals surface area contributed by atoms with Crippen molar-refractivity contribution in [2.45, 2.75) is 6.04 Å². The van der Waals surface area contributed by atoms with E-state index < -0.39 is 17.8 Å². The molecule has 0 aliphatic rings. The largest absolute Gasteiger partial charge is 0.481 e. The number of imidazole rings is 1. The first-order valence-corrected chi connectivity index (χ1v) is 9.21. The number of halogens is 3. The number of benzene rings is 2. The summed E-state index contributed by atoms with van der Waals surface area (Å²) in [5.74, 6) is -0.287. The van der Waals surface area contributed by atoms with Crippen LogP contribution in [0.2, 0.25) is 5.02 Å². The number of hydrogen-bond acceptors (Lipinski definition) is 3. The number of hydrogen-bond donors (Lipinski definition) is 1. The molecule has 1 heterocycles. The fraction of sp³-hybridized carbons (Fsp3) is 0.158. The monoisotopic (exact) mass is 451 g/mol. The molecular weight excluding hydrogens is 437 g/mol. The van der Waals surface area contributed by atoms with Gasteiger partial charge in [0.15, 0.2) is 18.2 Å². The van der Waals surface area contributed by atoms with Crippen LogP contribution in [0.5, 0.6) is 5.75 Å². The average Bonchev–Trinajstić information content (AvgIpc) is 3.05. The Morgan fingerprint density at radius 3 is 2.70 bits per heavy atom. The van der Waals surface area contributed by atoms with Crippen LogP contribution in [-0.4, -0.2) is 22.1 Å². The molecule has 1 amide bonds. The van der Waals surface area contributed by atoms with E-state index in [-0.39, 0.29) is 12.4 Å². The predicted octanol–water partition coefficient (Wildman–Crippen LogP) is 4.26. The topological polar surface area (TPSA) is 56.2 Å². The Balaban J connectivity index is 1.74. The fourth-order valence-corrected chi connectivity index (χ4v) is 3.00. The van der Waals surface area contributed by atoms with Crippen molar-refractivity contribution in [1.82, 2.24) is 14.9 Å². The smallest absolute Gasteiger partial charge is 0.258 e. The second-order valence-electron chi connectivity index (χ2n) is 5.81. The lowest BCUT2D eigenvalue weighted by Crippen LogP contribution is -2.34. The highest BCUT2D eigenvalue weighted by Gasteiger charge is 2.21. The van der Waals surface area contributed by atoms with Crippen molar-refractivity contribution in [2.75, 3.05) is 6.61 Å². The second-order valence-corrected chi connectivity index (χ2v) is 7.16. The molecule has 0 fully saturated rings. The molecule has 0 saturated carbocycles. The molecule has 2 aromatic carbocycles. The highest BCUT2D eigenvalue weighted by molar-refractivity contribution is 9.10. The zero-order chi connectivity index (χ0) is 19.4. The maximum Gasteiger partial charge on any atom is 0.258 e. The summed E-state index contributed by atoms with van der Waals surface area (Å²) >= 11 is 9.13. The van der Waals surface area contributed by atoms with Gasteiger partial charge in [-0.3, -0.25) is 4.79 Å². The maximum atomic E-state index is 13.8. The fourth-order valence-electron chi connectivity index (χ4n) is 2.55. The molecule has 27 heavy (non-hydrogen) atoms. The standard InChI is InChI=1S/C19H16BrClFN3O2/c1-25-9-8-23-19(25)18(12-2-5-14(21)6-3-12)24-17(26)11-27-16-7-4-13(20)10-15(16)22/h2-10,18H,11H2,1H3,(H,24,26)/t18-/m0/s1. The first-order chi connectivity index (χ1) is 12.9. The highest BCUT2D eigenvalue weighted by Crippen LogP contribution is 2.23. The molecule has 8 heteroatoms. The van der Waals surface area contributed by atoms with E-state index in [0.717, 1.165) is 5.56 Å². The molecule has 0 spiro atoms. The van der Waals surface area contributed by atoms with Crippen LogP contribution in [0.3, 0.4) is 0 Å². The summed E-state index contributed by atoms with van der Waals surface area (Å²) in [4.78, 5) is 16.7. The van der Waals surface area contributed by atoms with Gasteiger partial charge in [-0.1, -0.05) is 39.7 Å². The summed E-state index contributed by atoms with van der Waals surface area (Å²) in [6.07, 6.45) is 3.44. The molecule has 0 bridgehead atoms. The summed E-state index contributed by atoms with van der Waals surface area (Å²) in [5, 5.41) is 3.47. The van der Waals surface area contributed by atoms with Crippen molar-refractivity contribution in [3.63, 3.8) is 0 Å². The number of aryl methyl sites for hydroxylation is 1. The van der Waals surface area contributed by atoms with Crippen molar-refractivity contribution in [3.05, 3.63) is 81.6 Å². The number of ether oxygens (including phenoxy) is 1. The molecule has 1 N–H and O–H groups in total. The predicted molar refractivity (Wildman–Crippen MR) is 104 cm³/mol. The third-order valence-corrected chi connectivity index (χ3v) is 4.62. The summed E-state index contributed by atoms with van der Waals surface area (Å²) in [6, 6.07) is 11.0. The molecule has 0 unspecified atom stereocenters. The first-order valence-electron chi connectivity index (χ1n) is 8.04. The molecule has 0 aliphatic heterocycles. The molecule has 1 aromatic heterocycles. The highest BCUT2D eigenvalue weighted by atomic mass is 79.9. The van der Waals surface area contributed by atoms with Gasteiger partial charge in [-0.15, -0.1) is 0 Å². The van der Waals surface area contributed by atoms with E-state index in [1.165, 1.54) is 12.1 Å². The van der Waals surface area contributed by atoms with Crippen LogP contribution in [0, 0.1) is 5.82 Å². The number of carbonyl (C=O) groups excluding carboxylic acids is 1. The van der Waals surface area contributed by atoms with Crippen molar-refractivity contribution < 1.29 is 13.9 Å². The Morgan fingerprint density at radius 1 is 1.33 bits per heavy atom. The van der Waals surface area contributed by atoms with Gasteiger partial charge in [0.05, 0.1) is 0 Å². The van der Waals surface area contributed by atoms with E-state index in [1.54, 1.807) is 30.6 Å². The zero-order valence-electron chi connectivity index (χ0n) is 14.3. The van der Waals surface area contributed by atoms with Crippen molar-refractivity contribution in [2.24, 2.45) is 7.05 Å². The van der Waals surface area contributed by atoms with Crippen LogP contribution < -0.4 is 10.1 Å². The van der Waals surface area contributed by atoms with Crippen molar-refractivity contribution in [3.8, 4) is 5.75 Å². The van der Waals surface area contributed by atoms with E-state index in [9.17, 15) is 9.18 Å². The van der Waals surface area contributed by atoms with Gasteiger partial charge in [-0.05, 0) is 35.9 Å². The van der Waals surface area contributed by atoms with Gasteiger partial charge in [-0.25, -0.2) is 9.37 Å². The zero-order valence-corrected chi connectivity index (χ0v) is 16.7. The van der Waals surface area contributed by atoms with E-state index in [0.29, 0.717) is 15.3 Å². The second kappa shape index (κ2) is 8.54. The minimum Gasteiger partial charge on any atom is -0.481 e. The van der Waals surface area contributed by atoms with E-state index in [4.69, 9.17) is 16.3 Å². The molecular formula is C19H16BrClFN3O2. The third kappa shape index (κ3) is 4.87. The Hall–Kier alpha value is -2.38. The van der Waals surface area contributed by atoms with Gasteiger partial charge in [-0.2, -0.15) is 0 Å². The number of rotatable bonds is 6. The average molecular weight is 453 g/mol. The van der Waals surface area contributed by atoms with Gasteiger partial charge in [0, 0.05) is 28.9 Å². The summed E-state index contributed by atoms with van der Waals surface area (Å²) < 4.78 is 21.5. The Morgan fingerprint density at radius 2 is 2.07 bits per heavy atom. The number of nitrogens with one attached hydrogen (secondary N) is 1.